The van der Waals surface area contributed by atoms with Crippen LogP contribution in [-0.4, -0.2) is 23.2 Å². The second-order valence-corrected chi connectivity index (χ2v) is 5.86. The second kappa shape index (κ2) is 5.83. The molecule has 0 radical (unpaired) electrons. The van der Waals surface area contributed by atoms with Gasteiger partial charge in [0.2, 0.25) is 0 Å². The Bertz CT molecular complexity index is 657. The molecule has 2 aromatic rings. The first-order valence-corrected chi connectivity index (χ1v) is 7.08. The molecule has 0 spiro atoms. The highest BCUT2D eigenvalue weighted by atomic mass is 32.2. The van der Waals surface area contributed by atoms with Crippen LogP contribution in [0.25, 0.3) is 0 Å². The molecule has 0 N–H and O–H groups in total. The molecule has 20 heavy (non-hydrogen) atoms. The number of nitro groups is 1. The third-order valence-corrected chi connectivity index (χ3v) is 4.18. The SMILES string of the molecule is CN(C)c1ccc(S(=O)c2ccccc2)cc1[N+](=O)[O-]. The summed E-state index contributed by atoms with van der Waals surface area (Å²) in [6.07, 6.45) is 0. The van der Waals surface area contributed by atoms with E-state index < -0.39 is 15.7 Å². The molecule has 6 heteroatoms. The fourth-order valence-electron chi connectivity index (χ4n) is 1.82. The molecule has 0 aliphatic carbocycles. The smallest absolute Gasteiger partial charge is 0.293 e. The summed E-state index contributed by atoms with van der Waals surface area (Å²) in [4.78, 5) is 13.4. The van der Waals surface area contributed by atoms with E-state index in [0.29, 0.717) is 15.5 Å². The summed E-state index contributed by atoms with van der Waals surface area (Å²) in [5.74, 6) is 0. The van der Waals surface area contributed by atoms with Crippen molar-refractivity contribution in [1.29, 1.82) is 0 Å². The van der Waals surface area contributed by atoms with Crippen molar-refractivity contribution in [2.75, 3.05) is 19.0 Å². The van der Waals surface area contributed by atoms with Crippen molar-refractivity contribution in [3.63, 3.8) is 0 Å². The van der Waals surface area contributed by atoms with E-state index in [-0.39, 0.29) is 5.69 Å². The number of benzene rings is 2. The summed E-state index contributed by atoms with van der Waals surface area (Å²) >= 11 is 0. The average molecular weight is 290 g/mol. The lowest BCUT2D eigenvalue weighted by Crippen LogP contribution is -2.11. The normalized spacial score (nSPS) is 11.9. The predicted molar refractivity (Wildman–Crippen MR) is 78.5 cm³/mol. The van der Waals surface area contributed by atoms with Crippen LogP contribution in [0.3, 0.4) is 0 Å². The van der Waals surface area contributed by atoms with Crippen molar-refractivity contribution in [3.8, 4) is 0 Å². The summed E-state index contributed by atoms with van der Waals surface area (Å²) in [7, 11) is 2.05. The highest BCUT2D eigenvalue weighted by Crippen LogP contribution is 2.30. The Morgan fingerprint density at radius 2 is 1.70 bits per heavy atom. The van der Waals surface area contributed by atoms with Gasteiger partial charge in [-0.05, 0) is 24.3 Å². The van der Waals surface area contributed by atoms with Gasteiger partial charge in [0.1, 0.15) is 5.69 Å². The Kier molecular flexibility index (Phi) is 4.14. The van der Waals surface area contributed by atoms with Gasteiger partial charge in [-0.1, -0.05) is 18.2 Å². The molecule has 0 heterocycles. The third-order valence-electron chi connectivity index (χ3n) is 2.80. The average Bonchev–Trinajstić information content (AvgIpc) is 2.46. The lowest BCUT2D eigenvalue weighted by atomic mass is 10.2. The zero-order chi connectivity index (χ0) is 14.7. The number of nitrogens with zero attached hydrogens (tertiary/aromatic N) is 2. The standard InChI is InChI=1S/C14H14N2O3S/c1-15(2)13-9-8-12(10-14(13)16(17)18)20(19)11-6-4-3-5-7-11/h3-10H,1-2H3. The Morgan fingerprint density at radius 1 is 1.05 bits per heavy atom. The van der Waals surface area contributed by atoms with E-state index >= 15 is 0 Å². The Balaban J connectivity index is 2.47. The molecule has 104 valence electrons. The number of rotatable bonds is 4. The largest absolute Gasteiger partial charge is 0.372 e. The maximum absolute atomic E-state index is 12.4. The topological polar surface area (TPSA) is 63.5 Å². The quantitative estimate of drug-likeness (QED) is 0.641. The zero-order valence-electron chi connectivity index (χ0n) is 11.1. The van der Waals surface area contributed by atoms with Crippen LogP contribution in [0, 0.1) is 10.1 Å². The molecule has 0 saturated heterocycles. The van der Waals surface area contributed by atoms with E-state index in [2.05, 4.69) is 0 Å². The van der Waals surface area contributed by atoms with Gasteiger partial charge in [-0.3, -0.25) is 10.1 Å². The van der Waals surface area contributed by atoms with Crippen molar-refractivity contribution < 1.29 is 9.13 Å². The van der Waals surface area contributed by atoms with Gasteiger partial charge in [0, 0.05) is 25.1 Å². The van der Waals surface area contributed by atoms with E-state index in [9.17, 15) is 14.3 Å². The van der Waals surface area contributed by atoms with Gasteiger partial charge >= 0.3 is 0 Å². The Labute approximate surface area is 119 Å². The van der Waals surface area contributed by atoms with Gasteiger partial charge in [0.05, 0.1) is 20.6 Å². The van der Waals surface area contributed by atoms with Crippen LogP contribution in [-0.2, 0) is 10.8 Å². The number of anilines is 1. The van der Waals surface area contributed by atoms with E-state index in [1.54, 1.807) is 55.4 Å². The summed E-state index contributed by atoms with van der Waals surface area (Å²) < 4.78 is 12.4. The summed E-state index contributed by atoms with van der Waals surface area (Å²) in [6, 6.07) is 13.5. The van der Waals surface area contributed by atoms with Crippen LogP contribution in [0.2, 0.25) is 0 Å². The summed E-state index contributed by atoms with van der Waals surface area (Å²) in [5.41, 5.74) is 0.445. The fraction of sp³-hybridized carbons (Fsp3) is 0.143. The predicted octanol–water partition coefficient (Wildman–Crippen LogP) is 2.83. The second-order valence-electron chi connectivity index (χ2n) is 4.38. The maximum atomic E-state index is 12.4. The molecule has 2 aromatic carbocycles. The molecule has 0 amide bonds. The van der Waals surface area contributed by atoms with Crippen molar-refractivity contribution in [2.45, 2.75) is 9.79 Å². The lowest BCUT2D eigenvalue weighted by molar-refractivity contribution is -0.384. The highest BCUT2D eigenvalue weighted by Gasteiger charge is 2.18. The van der Waals surface area contributed by atoms with Crippen LogP contribution in [0.4, 0.5) is 11.4 Å². The van der Waals surface area contributed by atoms with Gasteiger partial charge in [0.25, 0.3) is 5.69 Å². The third kappa shape index (κ3) is 2.85. The van der Waals surface area contributed by atoms with Crippen LogP contribution < -0.4 is 4.90 Å². The minimum absolute atomic E-state index is 0.0446. The molecule has 2 rings (SSSR count). The van der Waals surface area contributed by atoms with Crippen molar-refractivity contribution in [1.82, 2.24) is 0 Å². The van der Waals surface area contributed by atoms with Crippen molar-refractivity contribution in [2.24, 2.45) is 0 Å². The van der Waals surface area contributed by atoms with Crippen LogP contribution in [0.15, 0.2) is 58.3 Å². The van der Waals surface area contributed by atoms with E-state index in [0.717, 1.165) is 0 Å². The molecular formula is C14H14N2O3S. The highest BCUT2D eigenvalue weighted by molar-refractivity contribution is 7.85. The fourth-order valence-corrected chi connectivity index (χ4v) is 2.91. The lowest BCUT2D eigenvalue weighted by Gasteiger charge is -2.13. The Hall–Kier alpha value is -2.21. The van der Waals surface area contributed by atoms with Crippen LogP contribution >= 0.6 is 0 Å². The molecule has 1 unspecified atom stereocenters. The van der Waals surface area contributed by atoms with Crippen molar-refractivity contribution >= 4 is 22.2 Å². The molecule has 0 aliphatic rings. The van der Waals surface area contributed by atoms with Gasteiger partial charge in [-0.25, -0.2) is 4.21 Å². The van der Waals surface area contributed by atoms with Crippen LogP contribution in [0.1, 0.15) is 0 Å². The first-order chi connectivity index (χ1) is 9.50. The summed E-state index contributed by atoms with van der Waals surface area (Å²) in [5, 5.41) is 11.1. The van der Waals surface area contributed by atoms with E-state index in [1.807, 2.05) is 6.07 Å². The molecule has 5 nitrogen and oxygen atoms in total. The van der Waals surface area contributed by atoms with Gasteiger partial charge in [-0.15, -0.1) is 0 Å². The summed E-state index contributed by atoms with van der Waals surface area (Å²) in [6.45, 7) is 0. The minimum Gasteiger partial charge on any atom is -0.372 e. The molecule has 0 fully saturated rings. The molecule has 0 saturated carbocycles. The minimum atomic E-state index is -1.42. The van der Waals surface area contributed by atoms with E-state index in [1.165, 1.54) is 6.07 Å². The first-order valence-electron chi connectivity index (χ1n) is 5.93. The van der Waals surface area contributed by atoms with Gasteiger partial charge < -0.3 is 4.90 Å². The van der Waals surface area contributed by atoms with Crippen LogP contribution in [0.5, 0.6) is 0 Å². The number of hydrogen-bond donors (Lipinski definition) is 0. The zero-order valence-corrected chi connectivity index (χ0v) is 12.0. The van der Waals surface area contributed by atoms with Crippen molar-refractivity contribution in [3.05, 3.63) is 58.6 Å². The molecule has 0 aliphatic heterocycles. The number of hydrogen-bond acceptors (Lipinski definition) is 4. The molecule has 0 bridgehead atoms. The molecule has 0 aromatic heterocycles. The monoisotopic (exact) mass is 290 g/mol. The molecule has 1 atom stereocenters. The van der Waals surface area contributed by atoms with Gasteiger partial charge in [-0.2, -0.15) is 0 Å². The number of nitro benzene ring substituents is 1. The maximum Gasteiger partial charge on any atom is 0.293 e. The first kappa shape index (κ1) is 14.2. The molecular weight excluding hydrogens is 276 g/mol. The van der Waals surface area contributed by atoms with E-state index in [4.69, 9.17) is 0 Å². The Morgan fingerprint density at radius 3 is 2.25 bits per heavy atom. The van der Waals surface area contributed by atoms with Gasteiger partial charge in [0.15, 0.2) is 0 Å².